The zero-order chi connectivity index (χ0) is 34.1. The van der Waals surface area contributed by atoms with Gasteiger partial charge in [-0.2, -0.15) is 4.98 Å². The summed E-state index contributed by atoms with van der Waals surface area (Å²) in [5.74, 6) is 0.326. The summed E-state index contributed by atoms with van der Waals surface area (Å²) in [7, 11) is -2.51. The number of rotatable bonds is 9. The van der Waals surface area contributed by atoms with E-state index in [1.165, 1.54) is 12.1 Å². The summed E-state index contributed by atoms with van der Waals surface area (Å²) in [6, 6.07) is 13.1. The summed E-state index contributed by atoms with van der Waals surface area (Å²) in [4.78, 5) is 36.5. The molecule has 1 aliphatic carbocycles. The van der Waals surface area contributed by atoms with E-state index in [9.17, 15) is 13.2 Å². The van der Waals surface area contributed by atoms with E-state index in [4.69, 9.17) is 19.2 Å². The van der Waals surface area contributed by atoms with Crippen LogP contribution in [-0.2, 0) is 26.0 Å². The summed E-state index contributed by atoms with van der Waals surface area (Å²) in [5, 5.41) is 0. The second-order valence-electron chi connectivity index (χ2n) is 12.7. The number of nitrogens with one attached hydrogen (secondary N) is 1. The van der Waals surface area contributed by atoms with E-state index in [1.54, 1.807) is 42.6 Å². The highest BCUT2D eigenvalue weighted by molar-refractivity contribution is 7.92. The van der Waals surface area contributed by atoms with Crippen LogP contribution in [0.15, 0.2) is 65.8 Å². The number of carbonyl (C=O) groups is 1. The van der Waals surface area contributed by atoms with Gasteiger partial charge in [-0.05, 0) is 62.4 Å². The molecule has 4 aromatic rings. The Morgan fingerprint density at radius 2 is 1.76 bits per heavy atom. The summed E-state index contributed by atoms with van der Waals surface area (Å²) in [6.07, 6.45) is 6.37. The fourth-order valence-corrected chi connectivity index (χ4v) is 7.17. The third kappa shape index (κ3) is 7.21. The van der Waals surface area contributed by atoms with Gasteiger partial charge in [-0.1, -0.05) is 24.3 Å². The molecular formula is C35H39N7O6S. The van der Waals surface area contributed by atoms with E-state index >= 15 is 0 Å². The molecule has 2 fully saturated rings. The average Bonchev–Trinajstić information content (AvgIpc) is 3.90. The Kier molecular flexibility index (Phi) is 9.18. The van der Waals surface area contributed by atoms with Crippen molar-refractivity contribution in [1.29, 1.82) is 0 Å². The Hall–Kier alpha value is -4.66. The van der Waals surface area contributed by atoms with E-state index < -0.39 is 22.0 Å². The lowest BCUT2D eigenvalue weighted by Crippen LogP contribution is -2.51. The smallest absolute Gasteiger partial charge is 0.264 e. The molecule has 0 radical (unpaired) electrons. The van der Waals surface area contributed by atoms with Gasteiger partial charge in [0.2, 0.25) is 11.8 Å². The lowest BCUT2D eigenvalue weighted by molar-refractivity contribution is 0.0209. The molecule has 1 N–H and O–H groups in total. The highest BCUT2D eigenvalue weighted by atomic mass is 32.2. The first-order valence-electron chi connectivity index (χ1n) is 16.4. The lowest BCUT2D eigenvalue weighted by Gasteiger charge is -2.41. The van der Waals surface area contributed by atoms with Crippen molar-refractivity contribution in [2.75, 3.05) is 43.1 Å². The maximum absolute atomic E-state index is 14.4. The molecule has 1 saturated heterocycles. The van der Waals surface area contributed by atoms with E-state index in [0.717, 1.165) is 42.5 Å². The van der Waals surface area contributed by atoms with E-state index in [0.29, 0.717) is 23.8 Å². The quantitative estimate of drug-likeness (QED) is 0.271. The number of aryl methyl sites for hydroxylation is 2. The molecule has 2 aliphatic heterocycles. The third-order valence-corrected chi connectivity index (χ3v) is 10.4. The molecule has 256 valence electrons. The maximum Gasteiger partial charge on any atom is 0.264 e. The van der Waals surface area contributed by atoms with Gasteiger partial charge in [0.05, 0.1) is 66.6 Å². The lowest BCUT2D eigenvalue weighted by atomic mass is 10.00. The summed E-state index contributed by atoms with van der Waals surface area (Å²) in [5.41, 5.74) is 4.04. The van der Waals surface area contributed by atoms with Crippen LogP contribution < -0.4 is 14.4 Å². The standard InChI is InChI=1S/C35H39N7O6S/c1-22-6-4-7-23(2)33(22)30-15-32-39-35(38-30)40-49(44,45)29-9-5-8-24(14-29)34(43)42(27(21-48-32)20-47-28-10-11-28)18-25-16-36-17-31(37-25)41-13-12-26(41)19-46-3/h4-9,14-17,26-28H,10-13,18-21H2,1-3H3,(H,38,39,40)/t26?,27-/m1/s1. The molecule has 2 atom stereocenters. The van der Waals surface area contributed by atoms with Crippen LogP contribution in [0.2, 0.25) is 0 Å². The summed E-state index contributed by atoms with van der Waals surface area (Å²) in [6.45, 7) is 5.65. The van der Waals surface area contributed by atoms with Crippen LogP contribution in [-0.4, -0.2) is 90.8 Å². The van der Waals surface area contributed by atoms with Crippen molar-refractivity contribution in [2.24, 2.45) is 0 Å². The van der Waals surface area contributed by atoms with Crippen molar-refractivity contribution in [3.63, 3.8) is 0 Å². The number of aromatic nitrogens is 4. The van der Waals surface area contributed by atoms with Gasteiger partial charge in [0.25, 0.3) is 15.9 Å². The average molecular weight is 686 g/mol. The normalized spacial score (nSPS) is 20.3. The van der Waals surface area contributed by atoms with Crippen LogP contribution in [0, 0.1) is 13.8 Å². The topological polar surface area (TPSA) is 149 Å². The minimum absolute atomic E-state index is 0.0166. The number of anilines is 2. The minimum Gasteiger partial charge on any atom is -0.475 e. The number of carbonyl (C=O) groups excluding carboxylic acids is 1. The van der Waals surface area contributed by atoms with Crippen molar-refractivity contribution < 1.29 is 27.4 Å². The van der Waals surface area contributed by atoms with Gasteiger partial charge in [0.1, 0.15) is 12.4 Å². The van der Waals surface area contributed by atoms with Crippen LogP contribution in [0.3, 0.4) is 0 Å². The van der Waals surface area contributed by atoms with E-state index in [-0.39, 0.29) is 54.2 Å². The molecule has 2 aromatic carbocycles. The Morgan fingerprint density at radius 3 is 2.49 bits per heavy atom. The van der Waals surface area contributed by atoms with Gasteiger partial charge in [0.15, 0.2) is 0 Å². The molecule has 0 spiro atoms. The monoisotopic (exact) mass is 685 g/mol. The van der Waals surface area contributed by atoms with Gasteiger partial charge >= 0.3 is 0 Å². The Balaban J connectivity index is 1.30. The highest BCUT2D eigenvalue weighted by Crippen LogP contribution is 2.31. The Morgan fingerprint density at radius 1 is 0.959 bits per heavy atom. The van der Waals surface area contributed by atoms with Gasteiger partial charge in [-0.25, -0.2) is 23.1 Å². The number of nitrogens with zero attached hydrogens (tertiary/aromatic N) is 6. The largest absolute Gasteiger partial charge is 0.475 e. The third-order valence-electron chi connectivity index (χ3n) is 9.03. The molecule has 2 aromatic heterocycles. The van der Waals surface area contributed by atoms with Crippen LogP contribution in [0.4, 0.5) is 11.8 Å². The SMILES string of the molecule is COCC1CCN1c1cncc(CN2C(=O)c3cccc(c3)S(=O)(=O)Nc3nc(cc(-c4c(C)cccc4C)n3)OC[C@H]2COC2CC2)n1. The number of fused-ring (bicyclic) bond motifs is 4. The van der Waals surface area contributed by atoms with Gasteiger partial charge in [0, 0.05) is 30.8 Å². The zero-order valence-electron chi connectivity index (χ0n) is 27.7. The molecule has 1 unspecified atom stereocenters. The van der Waals surface area contributed by atoms with Crippen LogP contribution in [0.5, 0.6) is 5.88 Å². The maximum atomic E-state index is 14.4. The van der Waals surface area contributed by atoms with Crippen molar-refractivity contribution in [1.82, 2.24) is 24.8 Å². The second-order valence-corrected chi connectivity index (χ2v) is 14.4. The number of hydrogen-bond donors (Lipinski definition) is 1. The fourth-order valence-electron chi connectivity index (χ4n) is 6.18. The molecule has 14 heteroatoms. The van der Waals surface area contributed by atoms with E-state index in [2.05, 4.69) is 24.6 Å². The predicted octanol–water partition coefficient (Wildman–Crippen LogP) is 4.16. The summed E-state index contributed by atoms with van der Waals surface area (Å²) >= 11 is 0. The molecule has 3 aliphatic rings. The number of benzene rings is 2. The van der Waals surface area contributed by atoms with Gasteiger partial charge in [-0.3, -0.25) is 9.78 Å². The first-order valence-corrected chi connectivity index (χ1v) is 17.9. The van der Waals surface area contributed by atoms with Crippen LogP contribution in [0.25, 0.3) is 11.3 Å². The molecule has 4 heterocycles. The summed E-state index contributed by atoms with van der Waals surface area (Å²) < 4.78 is 47.8. The predicted molar refractivity (Wildman–Crippen MR) is 182 cm³/mol. The second kappa shape index (κ2) is 13.7. The highest BCUT2D eigenvalue weighted by Gasteiger charge is 2.33. The van der Waals surface area contributed by atoms with Gasteiger partial charge in [-0.15, -0.1) is 0 Å². The fraction of sp³-hybridized carbons (Fsp3) is 0.400. The van der Waals surface area contributed by atoms with Crippen molar-refractivity contribution in [2.45, 2.75) is 62.7 Å². The number of ether oxygens (including phenoxy) is 3. The van der Waals surface area contributed by atoms with Crippen molar-refractivity contribution >= 4 is 27.7 Å². The molecule has 13 nitrogen and oxygen atoms in total. The molecule has 1 amide bonds. The molecule has 7 rings (SSSR count). The van der Waals surface area contributed by atoms with Crippen molar-refractivity contribution in [3.05, 3.63) is 83.3 Å². The van der Waals surface area contributed by atoms with Crippen LogP contribution >= 0.6 is 0 Å². The molecule has 4 bridgehead atoms. The number of amides is 1. The molecule has 1 saturated carbocycles. The number of sulfonamides is 1. The zero-order valence-corrected chi connectivity index (χ0v) is 28.5. The number of hydrogen-bond acceptors (Lipinski definition) is 11. The molecular weight excluding hydrogens is 646 g/mol. The Bertz CT molecular complexity index is 1950. The first-order chi connectivity index (χ1) is 23.7. The number of methoxy groups -OCH3 is 1. The van der Waals surface area contributed by atoms with Crippen LogP contribution in [0.1, 0.15) is 46.4 Å². The minimum atomic E-state index is -4.19. The molecule has 49 heavy (non-hydrogen) atoms. The first kappa shape index (κ1) is 32.9. The van der Waals surface area contributed by atoms with Crippen molar-refractivity contribution in [3.8, 4) is 17.1 Å². The van der Waals surface area contributed by atoms with E-state index in [1.807, 2.05) is 32.0 Å². The Labute approximate surface area is 285 Å². The van der Waals surface area contributed by atoms with Gasteiger partial charge < -0.3 is 24.0 Å².